The van der Waals surface area contributed by atoms with Gasteiger partial charge in [-0.25, -0.2) is 0 Å². The van der Waals surface area contributed by atoms with E-state index < -0.39 is 0 Å². The Morgan fingerprint density at radius 1 is 1.06 bits per heavy atom. The highest BCUT2D eigenvalue weighted by Gasteiger charge is 2.28. The van der Waals surface area contributed by atoms with E-state index in [1.54, 1.807) is 0 Å². The standard InChI is InChI=1S/C13H25NOS/c1-15-12-5-3-4-10(8-12)14-11-6-7-13(9-11)16-2/h10-14H,3-9H2,1-2H3. The van der Waals surface area contributed by atoms with E-state index >= 15 is 0 Å². The van der Waals surface area contributed by atoms with E-state index in [0.717, 1.165) is 11.3 Å². The fraction of sp³-hybridized carbons (Fsp3) is 1.00. The molecule has 1 N–H and O–H groups in total. The molecule has 16 heavy (non-hydrogen) atoms. The molecular formula is C13H25NOS. The van der Waals surface area contributed by atoms with Crippen molar-refractivity contribution in [1.29, 1.82) is 0 Å². The van der Waals surface area contributed by atoms with Crippen molar-refractivity contribution in [3.05, 3.63) is 0 Å². The molecule has 2 fully saturated rings. The summed E-state index contributed by atoms with van der Waals surface area (Å²) in [6.07, 6.45) is 12.0. The van der Waals surface area contributed by atoms with Crippen LogP contribution in [0.1, 0.15) is 44.9 Å². The molecule has 0 amide bonds. The van der Waals surface area contributed by atoms with Gasteiger partial charge >= 0.3 is 0 Å². The lowest BCUT2D eigenvalue weighted by Crippen LogP contribution is -2.41. The molecule has 2 nitrogen and oxygen atoms in total. The van der Waals surface area contributed by atoms with Gasteiger partial charge in [-0.2, -0.15) is 11.8 Å². The second-order valence-electron chi connectivity index (χ2n) is 5.26. The Morgan fingerprint density at radius 3 is 2.56 bits per heavy atom. The van der Waals surface area contributed by atoms with Gasteiger partial charge in [-0.1, -0.05) is 0 Å². The molecule has 4 atom stereocenters. The number of thioether (sulfide) groups is 1. The Balaban J connectivity index is 1.73. The minimum absolute atomic E-state index is 0.504. The van der Waals surface area contributed by atoms with Gasteiger partial charge in [0, 0.05) is 24.4 Å². The summed E-state index contributed by atoms with van der Waals surface area (Å²) in [7, 11) is 1.85. The Bertz CT molecular complexity index is 212. The van der Waals surface area contributed by atoms with Gasteiger partial charge in [0.05, 0.1) is 6.10 Å². The van der Waals surface area contributed by atoms with Crippen molar-refractivity contribution in [3.63, 3.8) is 0 Å². The second kappa shape index (κ2) is 6.27. The van der Waals surface area contributed by atoms with E-state index in [4.69, 9.17) is 4.74 Å². The van der Waals surface area contributed by atoms with E-state index in [-0.39, 0.29) is 0 Å². The number of nitrogens with one attached hydrogen (secondary N) is 1. The molecule has 4 unspecified atom stereocenters. The van der Waals surface area contributed by atoms with E-state index in [1.165, 1.54) is 44.9 Å². The van der Waals surface area contributed by atoms with Crippen LogP contribution in [0.2, 0.25) is 0 Å². The zero-order chi connectivity index (χ0) is 11.4. The van der Waals surface area contributed by atoms with Gasteiger partial charge < -0.3 is 10.1 Å². The molecule has 0 aliphatic heterocycles. The molecular weight excluding hydrogens is 218 g/mol. The van der Waals surface area contributed by atoms with Crippen LogP contribution in [-0.2, 0) is 4.74 Å². The van der Waals surface area contributed by atoms with Gasteiger partial charge in [-0.05, 0) is 51.2 Å². The molecule has 0 aromatic carbocycles. The minimum Gasteiger partial charge on any atom is -0.381 e. The molecule has 0 radical (unpaired) electrons. The average molecular weight is 243 g/mol. The van der Waals surface area contributed by atoms with E-state index in [0.29, 0.717) is 12.1 Å². The molecule has 0 spiro atoms. The van der Waals surface area contributed by atoms with E-state index in [9.17, 15) is 0 Å². The van der Waals surface area contributed by atoms with Crippen molar-refractivity contribution in [2.45, 2.75) is 68.4 Å². The lowest BCUT2D eigenvalue weighted by Gasteiger charge is -2.31. The monoisotopic (exact) mass is 243 g/mol. The number of rotatable bonds is 4. The summed E-state index contributed by atoms with van der Waals surface area (Å²) in [6.45, 7) is 0. The molecule has 0 saturated heterocycles. The predicted molar refractivity (Wildman–Crippen MR) is 71.1 cm³/mol. The fourth-order valence-electron chi connectivity index (χ4n) is 3.15. The zero-order valence-electron chi connectivity index (χ0n) is 10.6. The first-order valence-corrected chi connectivity index (χ1v) is 7.92. The smallest absolute Gasteiger partial charge is 0.0586 e. The first-order chi connectivity index (χ1) is 7.81. The topological polar surface area (TPSA) is 21.3 Å². The van der Waals surface area contributed by atoms with Gasteiger partial charge in [0.15, 0.2) is 0 Å². The Labute approximate surface area is 104 Å². The van der Waals surface area contributed by atoms with Crippen LogP contribution in [-0.4, -0.2) is 36.8 Å². The van der Waals surface area contributed by atoms with Gasteiger partial charge in [0.1, 0.15) is 0 Å². The van der Waals surface area contributed by atoms with Crippen LogP contribution in [0.5, 0.6) is 0 Å². The normalized spacial score (nSPS) is 40.1. The zero-order valence-corrected chi connectivity index (χ0v) is 11.4. The summed E-state index contributed by atoms with van der Waals surface area (Å²) in [5, 5.41) is 4.76. The number of hydrogen-bond donors (Lipinski definition) is 1. The van der Waals surface area contributed by atoms with Crippen LogP contribution >= 0.6 is 11.8 Å². The summed E-state index contributed by atoms with van der Waals surface area (Å²) in [5.74, 6) is 0. The summed E-state index contributed by atoms with van der Waals surface area (Å²) < 4.78 is 5.48. The molecule has 2 aliphatic rings. The van der Waals surface area contributed by atoms with Crippen LogP contribution in [0.15, 0.2) is 0 Å². The highest BCUT2D eigenvalue weighted by molar-refractivity contribution is 7.99. The van der Waals surface area contributed by atoms with Crippen LogP contribution in [0.25, 0.3) is 0 Å². The molecule has 0 aromatic rings. The van der Waals surface area contributed by atoms with Crippen LogP contribution in [0.4, 0.5) is 0 Å². The first kappa shape index (κ1) is 12.7. The number of ether oxygens (including phenoxy) is 1. The molecule has 0 bridgehead atoms. The van der Waals surface area contributed by atoms with Crippen molar-refractivity contribution < 1.29 is 4.74 Å². The van der Waals surface area contributed by atoms with Crippen molar-refractivity contribution >= 4 is 11.8 Å². The predicted octanol–water partition coefficient (Wildman–Crippen LogP) is 2.82. The summed E-state index contributed by atoms with van der Waals surface area (Å²) >= 11 is 2.04. The van der Waals surface area contributed by atoms with Crippen molar-refractivity contribution in [2.75, 3.05) is 13.4 Å². The SMILES string of the molecule is COC1CCCC(NC2CCC(SC)C2)C1. The Kier molecular flexibility index (Phi) is 4.98. The van der Waals surface area contributed by atoms with Crippen LogP contribution in [0.3, 0.4) is 0 Å². The lowest BCUT2D eigenvalue weighted by atomic mass is 9.92. The van der Waals surface area contributed by atoms with Gasteiger partial charge in [0.2, 0.25) is 0 Å². The average Bonchev–Trinajstić information content (AvgIpc) is 2.77. The largest absolute Gasteiger partial charge is 0.381 e. The lowest BCUT2D eigenvalue weighted by molar-refractivity contribution is 0.0570. The second-order valence-corrected chi connectivity index (χ2v) is 6.39. The van der Waals surface area contributed by atoms with Crippen molar-refractivity contribution in [1.82, 2.24) is 5.32 Å². The summed E-state index contributed by atoms with van der Waals surface area (Å²) in [5.41, 5.74) is 0. The quantitative estimate of drug-likeness (QED) is 0.820. The number of hydrogen-bond acceptors (Lipinski definition) is 3. The molecule has 3 heteroatoms. The molecule has 94 valence electrons. The van der Waals surface area contributed by atoms with Crippen LogP contribution < -0.4 is 5.32 Å². The molecule has 0 heterocycles. The summed E-state index contributed by atoms with van der Waals surface area (Å²) in [6, 6.07) is 1.49. The third-order valence-corrected chi connectivity index (χ3v) is 5.24. The Hall–Kier alpha value is 0.270. The minimum atomic E-state index is 0.504. The highest BCUT2D eigenvalue weighted by atomic mass is 32.2. The van der Waals surface area contributed by atoms with Crippen molar-refractivity contribution in [2.24, 2.45) is 0 Å². The van der Waals surface area contributed by atoms with Crippen LogP contribution in [0, 0.1) is 0 Å². The highest BCUT2D eigenvalue weighted by Crippen LogP contribution is 2.30. The van der Waals surface area contributed by atoms with Gasteiger partial charge in [-0.3, -0.25) is 0 Å². The van der Waals surface area contributed by atoms with Gasteiger partial charge in [0.25, 0.3) is 0 Å². The maximum absolute atomic E-state index is 5.48. The molecule has 2 aliphatic carbocycles. The third-order valence-electron chi connectivity index (χ3n) is 4.15. The number of methoxy groups -OCH3 is 1. The molecule has 2 rings (SSSR count). The third kappa shape index (κ3) is 3.38. The van der Waals surface area contributed by atoms with Gasteiger partial charge in [-0.15, -0.1) is 0 Å². The first-order valence-electron chi connectivity index (χ1n) is 6.63. The fourth-order valence-corrected chi connectivity index (χ4v) is 3.95. The van der Waals surface area contributed by atoms with Crippen molar-refractivity contribution in [3.8, 4) is 0 Å². The van der Waals surface area contributed by atoms with E-state index in [2.05, 4.69) is 11.6 Å². The Morgan fingerprint density at radius 2 is 1.88 bits per heavy atom. The molecule has 2 saturated carbocycles. The summed E-state index contributed by atoms with van der Waals surface area (Å²) in [4.78, 5) is 0. The maximum Gasteiger partial charge on any atom is 0.0586 e. The molecule has 0 aromatic heterocycles. The maximum atomic E-state index is 5.48. The van der Waals surface area contributed by atoms with E-state index in [1.807, 2.05) is 18.9 Å².